The van der Waals surface area contributed by atoms with Crippen LogP contribution in [0.2, 0.25) is 5.02 Å². The highest BCUT2D eigenvalue weighted by molar-refractivity contribution is 7.09. The first-order valence-electron chi connectivity index (χ1n) is 10.4. The molecule has 31 heavy (non-hydrogen) atoms. The molecule has 1 fully saturated rings. The van der Waals surface area contributed by atoms with Gasteiger partial charge in [0.05, 0.1) is 0 Å². The van der Waals surface area contributed by atoms with Crippen molar-refractivity contribution in [2.75, 3.05) is 36.4 Å². The Hall–Kier alpha value is -2.64. The van der Waals surface area contributed by atoms with Crippen molar-refractivity contribution in [2.24, 2.45) is 0 Å². The smallest absolute Gasteiger partial charge is 0.321 e. The van der Waals surface area contributed by atoms with Crippen LogP contribution in [0.1, 0.15) is 28.9 Å². The van der Waals surface area contributed by atoms with Crippen molar-refractivity contribution in [3.63, 3.8) is 0 Å². The van der Waals surface area contributed by atoms with Gasteiger partial charge in [0.2, 0.25) is 5.13 Å². The molecule has 2 amide bonds. The van der Waals surface area contributed by atoms with Crippen LogP contribution in [-0.2, 0) is 6.42 Å². The van der Waals surface area contributed by atoms with Crippen LogP contribution in [0, 0.1) is 13.8 Å². The number of para-hydroxylation sites is 1. The molecule has 2 heterocycles. The van der Waals surface area contributed by atoms with Gasteiger partial charge in [0, 0.05) is 54.8 Å². The zero-order chi connectivity index (χ0) is 21.8. The standard InChI is InChI=1S/C23H26ClN5OS/c1-16-5-3-6-17(2)21(16)26-22(30)28-11-4-12-29(14-13-28)23-25-20(27-31-23)15-18-7-9-19(24)10-8-18/h3,5-10H,4,11-15H2,1-2H3,(H,26,30). The Labute approximate surface area is 192 Å². The SMILES string of the molecule is Cc1cccc(C)c1NC(=O)N1CCCN(c2nc(Cc3ccc(Cl)cc3)ns2)CC1. The summed E-state index contributed by atoms with van der Waals surface area (Å²) in [7, 11) is 0. The van der Waals surface area contributed by atoms with Crippen LogP contribution in [0.4, 0.5) is 15.6 Å². The Morgan fingerprint density at radius 2 is 1.81 bits per heavy atom. The lowest BCUT2D eigenvalue weighted by atomic mass is 10.1. The Morgan fingerprint density at radius 3 is 2.55 bits per heavy atom. The van der Waals surface area contributed by atoms with E-state index in [4.69, 9.17) is 16.6 Å². The monoisotopic (exact) mass is 455 g/mol. The van der Waals surface area contributed by atoms with E-state index in [9.17, 15) is 4.79 Å². The number of urea groups is 1. The Morgan fingerprint density at radius 1 is 1.06 bits per heavy atom. The van der Waals surface area contributed by atoms with Gasteiger partial charge in [-0.3, -0.25) is 0 Å². The van der Waals surface area contributed by atoms with E-state index in [1.165, 1.54) is 11.5 Å². The van der Waals surface area contributed by atoms with E-state index in [1.807, 2.05) is 61.2 Å². The molecule has 8 heteroatoms. The van der Waals surface area contributed by atoms with Crippen molar-refractivity contribution < 1.29 is 4.79 Å². The molecule has 0 radical (unpaired) electrons. The molecular weight excluding hydrogens is 430 g/mol. The van der Waals surface area contributed by atoms with Crippen molar-refractivity contribution in [3.8, 4) is 0 Å². The molecule has 1 saturated heterocycles. The van der Waals surface area contributed by atoms with Crippen LogP contribution in [-0.4, -0.2) is 46.5 Å². The summed E-state index contributed by atoms with van der Waals surface area (Å²) in [5.41, 5.74) is 4.20. The Balaban J connectivity index is 1.36. The summed E-state index contributed by atoms with van der Waals surface area (Å²) in [6.45, 7) is 7.03. The number of carbonyl (C=O) groups is 1. The van der Waals surface area contributed by atoms with Gasteiger partial charge in [-0.25, -0.2) is 9.78 Å². The Bertz CT molecular complexity index is 1030. The number of benzene rings is 2. The molecule has 0 atom stereocenters. The minimum atomic E-state index is -0.0417. The normalized spacial score (nSPS) is 14.4. The molecule has 1 aromatic heterocycles. The lowest BCUT2D eigenvalue weighted by Gasteiger charge is -2.23. The zero-order valence-electron chi connectivity index (χ0n) is 17.8. The molecular formula is C23H26ClN5OS. The minimum Gasteiger partial charge on any atom is -0.345 e. The first-order chi connectivity index (χ1) is 15.0. The van der Waals surface area contributed by atoms with Crippen molar-refractivity contribution >= 4 is 40.0 Å². The van der Waals surface area contributed by atoms with Gasteiger partial charge in [-0.15, -0.1) is 0 Å². The number of hydrogen-bond acceptors (Lipinski definition) is 5. The number of aryl methyl sites for hydroxylation is 2. The van der Waals surface area contributed by atoms with E-state index in [0.29, 0.717) is 13.0 Å². The highest BCUT2D eigenvalue weighted by Gasteiger charge is 2.22. The summed E-state index contributed by atoms with van der Waals surface area (Å²) in [6.07, 6.45) is 1.58. The van der Waals surface area contributed by atoms with Gasteiger partial charge in [0.1, 0.15) is 5.82 Å². The van der Waals surface area contributed by atoms with Gasteiger partial charge in [-0.05, 0) is 49.1 Å². The van der Waals surface area contributed by atoms with Crippen molar-refractivity contribution in [1.29, 1.82) is 0 Å². The van der Waals surface area contributed by atoms with Gasteiger partial charge in [0.25, 0.3) is 0 Å². The van der Waals surface area contributed by atoms with Gasteiger partial charge in [-0.2, -0.15) is 4.37 Å². The number of aromatic nitrogens is 2. The highest BCUT2D eigenvalue weighted by Crippen LogP contribution is 2.23. The lowest BCUT2D eigenvalue weighted by Crippen LogP contribution is -2.38. The molecule has 0 spiro atoms. The predicted molar refractivity (Wildman–Crippen MR) is 128 cm³/mol. The van der Waals surface area contributed by atoms with E-state index >= 15 is 0 Å². The topological polar surface area (TPSA) is 61.4 Å². The summed E-state index contributed by atoms with van der Waals surface area (Å²) >= 11 is 7.39. The molecule has 0 bridgehead atoms. The highest BCUT2D eigenvalue weighted by atomic mass is 35.5. The van der Waals surface area contributed by atoms with Gasteiger partial charge in [0.15, 0.2) is 0 Å². The molecule has 0 unspecified atom stereocenters. The van der Waals surface area contributed by atoms with Gasteiger partial charge < -0.3 is 15.1 Å². The van der Waals surface area contributed by atoms with Crippen LogP contribution >= 0.6 is 23.1 Å². The second-order valence-electron chi connectivity index (χ2n) is 7.82. The van der Waals surface area contributed by atoms with Crippen molar-refractivity contribution in [2.45, 2.75) is 26.7 Å². The summed E-state index contributed by atoms with van der Waals surface area (Å²) < 4.78 is 4.53. The lowest BCUT2D eigenvalue weighted by molar-refractivity contribution is 0.215. The van der Waals surface area contributed by atoms with Crippen molar-refractivity contribution in [1.82, 2.24) is 14.3 Å². The maximum atomic E-state index is 12.9. The van der Waals surface area contributed by atoms with Crippen LogP contribution < -0.4 is 10.2 Å². The second kappa shape index (κ2) is 9.66. The van der Waals surface area contributed by atoms with E-state index in [0.717, 1.165) is 64.4 Å². The summed E-state index contributed by atoms with van der Waals surface area (Å²) in [6, 6.07) is 13.8. The molecule has 3 aromatic rings. The second-order valence-corrected chi connectivity index (χ2v) is 8.99. The van der Waals surface area contributed by atoms with Gasteiger partial charge in [-0.1, -0.05) is 41.9 Å². The third-order valence-electron chi connectivity index (χ3n) is 5.50. The quantitative estimate of drug-likeness (QED) is 0.591. The van der Waals surface area contributed by atoms with E-state index in [2.05, 4.69) is 14.6 Å². The largest absolute Gasteiger partial charge is 0.345 e. The number of hydrogen-bond donors (Lipinski definition) is 1. The molecule has 1 aliphatic heterocycles. The molecule has 6 nitrogen and oxygen atoms in total. The maximum Gasteiger partial charge on any atom is 0.321 e. The summed E-state index contributed by atoms with van der Waals surface area (Å²) in [5.74, 6) is 0.816. The number of nitrogens with zero attached hydrogens (tertiary/aromatic N) is 4. The average Bonchev–Trinajstić information content (AvgIpc) is 3.07. The average molecular weight is 456 g/mol. The van der Waals surface area contributed by atoms with E-state index in [1.54, 1.807) is 0 Å². The summed E-state index contributed by atoms with van der Waals surface area (Å²) in [5, 5.41) is 4.75. The van der Waals surface area contributed by atoms with E-state index in [-0.39, 0.29) is 6.03 Å². The molecule has 4 rings (SSSR count). The van der Waals surface area contributed by atoms with Crippen LogP contribution in [0.15, 0.2) is 42.5 Å². The molecule has 2 aromatic carbocycles. The fourth-order valence-electron chi connectivity index (χ4n) is 3.74. The number of carbonyl (C=O) groups excluding carboxylic acids is 1. The number of halogens is 1. The third kappa shape index (κ3) is 5.35. The molecule has 1 aliphatic rings. The zero-order valence-corrected chi connectivity index (χ0v) is 19.3. The third-order valence-corrected chi connectivity index (χ3v) is 6.57. The number of anilines is 2. The minimum absolute atomic E-state index is 0.0417. The fraction of sp³-hybridized carbons (Fsp3) is 0.348. The first kappa shape index (κ1) is 21.6. The first-order valence-corrected chi connectivity index (χ1v) is 11.6. The van der Waals surface area contributed by atoms with E-state index < -0.39 is 0 Å². The molecule has 1 N–H and O–H groups in total. The molecule has 0 aliphatic carbocycles. The molecule has 0 saturated carbocycles. The maximum absolute atomic E-state index is 12.9. The predicted octanol–water partition coefficient (Wildman–Crippen LogP) is 5.14. The summed E-state index contributed by atoms with van der Waals surface area (Å²) in [4.78, 5) is 21.7. The van der Waals surface area contributed by atoms with Crippen LogP contribution in [0.25, 0.3) is 0 Å². The number of amides is 2. The van der Waals surface area contributed by atoms with Crippen molar-refractivity contribution in [3.05, 3.63) is 70.0 Å². The number of rotatable bonds is 4. The number of nitrogens with one attached hydrogen (secondary N) is 1. The Kier molecular flexibility index (Phi) is 6.73. The van der Waals surface area contributed by atoms with Crippen LogP contribution in [0.5, 0.6) is 0 Å². The fourth-order valence-corrected chi connectivity index (χ4v) is 4.60. The van der Waals surface area contributed by atoms with Gasteiger partial charge >= 0.3 is 6.03 Å². The molecule has 162 valence electrons. The van der Waals surface area contributed by atoms with Crippen LogP contribution in [0.3, 0.4) is 0 Å².